The zero-order valence-electron chi connectivity index (χ0n) is 14.8. The van der Waals surface area contributed by atoms with E-state index in [1.54, 1.807) is 24.3 Å². The Bertz CT molecular complexity index is 737. The first-order valence-electron chi connectivity index (χ1n) is 8.24. The Labute approximate surface area is 147 Å². The average molecular weight is 343 g/mol. The van der Waals surface area contributed by atoms with Crippen LogP contribution in [0.5, 0.6) is 5.75 Å². The van der Waals surface area contributed by atoms with Crippen LogP contribution in [0.15, 0.2) is 42.5 Å². The minimum Gasteiger partial charge on any atom is -0.471 e. The maximum atomic E-state index is 12.0. The number of carbonyl (C=O) groups excluding carboxylic acids is 2. The van der Waals surface area contributed by atoms with Crippen molar-refractivity contribution in [2.24, 2.45) is 11.5 Å². The maximum Gasteiger partial charge on any atom is 0.316 e. The van der Waals surface area contributed by atoms with E-state index in [1.165, 1.54) is 0 Å². The van der Waals surface area contributed by atoms with E-state index < -0.39 is 17.5 Å². The standard InChI is InChI=1S/C19H25N3O3/c1-4-18(2,3)13-8-9-15(14(12-13)22-17(21)24)25-19(16(20)23)10-6-5-7-11-19/h5-10,12H,4,11H2,1-3H3,(H2,20,23)(H3,21,22,24). The Morgan fingerprint density at radius 3 is 2.52 bits per heavy atom. The first-order chi connectivity index (χ1) is 11.7. The summed E-state index contributed by atoms with van der Waals surface area (Å²) in [5.41, 5.74) is 10.9. The molecule has 0 radical (unpaired) electrons. The van der Waals surface area contributed by atoms with Crippen LogP contribution in [0.3, 0.4) is 0 Å². The van der Waals surface area contributed by atoms with Gasteiger partial charge in [-0.05, 0) is 35.6 Å². The van der Waals surface area contributed by atoms with Gasteiger partial charge < -0.3 is 21.5 Å². The summed E-state index contributed by atoms with van der Waals surface area (Å²) in [4.78, 5) is 23.4. The Kier molecular flexibility index (Phi) is 5.21. The van der Waals surface area contributed by atoms with Crippen LogP contribution < -0.4 is 21.5 Å². The first-order valence-corrected chi connectivity index (χ1v) is 8.24. The lowest BCUT2D eigenvalue weighted by Gasteiger charge is -2.31. The number of hydrogen-bond acceptors (Lipinski definition) is 3. The molecular weight excluding hydrogens is 318 g/mol. The van der Waals surface area contributed by atoms with Crippen molar-refractivity contribution < 1.29 is 14.3 Å². The molecule has 5 N–H and O–H groups in total. The minimum atomic E-state index is -1.29. The van der Waals surface area contributed by atoms with Crippen LogP contribution in [-0.4, -0.2) is 17.5 Å². The number of primary amides is 2. The molecule has 2 rings (SSSR count). The summed E-state index contributed by atoms with van der Waals surface area (Å²) < 4.78 is 5.95. The van der Waals surface area contributed by atoms with Gasteiger partial charge in [0.1, 0.15) is 5.75 Å². The quantitative estimate of drug-likeness (QED) is 0.739. The number of hydrogen-bond donors (Lipinski definition) is 3. The summed E-state index contributed by atoms with van der Waals surface area (Å²) >= 11 is 0. The van der Waals surface area contributed by atoms with Crippen LogP contribution in [0.1, 0.15) is 39.2 Å². The summed E-state index contributed by atoms with van der Waals surface area (Å²) in [5.74, 6) is -0.260. The van der Waals surface area contributed by atoms with Crippen LogP contribution in [0.2, 0.25) is 0 Å². The highest BCUT2D eigenvalue weighted by atomic mass is 16.5. The monoisotopic (exact) mass is 343 g/mol. The molecule has 0 aliphatic heterocycles. The predicted molar refractivity (Wildman–Crippen MR) is 98.4 cm³/mol. The summed E-state index contributed by atoms with van der Waals surface area (Å²) in [6, 6.07) is 4.76. The van der Waals surface area contributed by atoms with Gasteiger partial charge in [0.25, 0.3) is 5.91 Å². The van der Waals surface area contributed by atoms with E-state index in [-0.39, 0.29) is 5.41 Å². The first kappa shape index (κ1) is 18.6. The van der Waals surface area contributed by atoms with Crippen LogP contribution in [-0.2, 0) is 10.2 Å². The van der Waals surface area contributed by atoms with Crippen molar-refractivity contribution in [3.8, 4) is 5.75 Å². The van der Waals surface area contributed by atoms with Gasteiger partial charge >= 0.3 is 6.03 Å². The zero-order valence-corrected chi connectivity index (χ0v) is 14.8. The number of amides is 3. The molecule has 6 heteroatoms. The zero-order chi connectivity index (χ0) is 18.7. The summed E-state index contributed by atoms with van der Waals surface area (Å²) in [7, 11) is 0. The van der Waals surface area contributed by atoms with E-state index >= 15 is 0 Å². The molecular formula is C19H25N3O3. The molecule has 0 saturated carbocycles. The van der Waals surface area contributed by atoms with Crippen molar-refractivity contribution in [2.75, 3.05) is 5.32 Å². The van der Waals surface area contributed by atoms with E-state index in [0.717, 1.165) is 12.0 Å². The number of rotatable bonds is 6. The molecule has 134 valence electrons. The number of nitrogens with one attached hydrogen (secondary N) is 1. The second kappa shape index (κ2) is 7.01. The van der Waals surface area contributed by atoms with Gasteiger partial charge in [0, 0.05) is 6.42 Å². The number of anilines is 1. The van der Waals surface area contributed by atoms with Gasteiger partial charge in [-0.15, -0.1) is 0 Å². The van der Waals surface area contributed by atoms with Crippen molar-refractivity contribution in [1.29, 1.82) is 0 Å². The van der Waals surface area contributed by atoms with E-state index in [4.69, 9.17) is 16.2 Å². The highest BCUT2D eigenvalue weighted by Crippen LogP contribution is 2.36. The number of carbonyl (C=O) groups is 2. The minimum absolute atomic E-state index is 0.0819. The Balaban J connectivity index is 2.45. The van der Waals surface area contributed by atoms with Crippen LogP contribution in [0, 0.1) is 0 Å². The molecule has 25 heavy (non-hydrogen) atoms. The van der Waals surface area contributed by atoms with Crippen LogP contribution in [0.25, 0.3) is 0 Å². The Morgan fingerprint density at radius 1 is 1.28 bits per heavy atom. The molecule has 1 atom stereocenters. The second-order valence-electron chi connectivity index (χ2n) is 6.78. The van der Waals surface area contributed by atoms with Gasteiger partial charge in [-0.1, -0.05) is 45.1 Å². The number of nitrogens with two attached hydrogens (primary N) is 2. The molecule has 0 saturated heterocycles. The van der Waals surface area contributed by atoms with Crippen molar-refractivity contribution in [3.63, 3.8) is 0 Å². The molecule has 1 aromatic rings. The molecule has 0 bridgehead atoms. The van der Waals surface area contributed by atoms with Crippen molar-refractivity contribution in [2.45, 2.75) is 44.6 Å². The highest BCUT2D eigenvalue weighted by Gasteiger charge is 2.37. The molecule has 0 spiro atoms. The number of urea groups is 1. The van der Waals surface area contributed by atoms with Crippen molar-refractivity contribution in [3.05, 3.63) is 48.1 Å². The fourth-order valence-corrected chi connectivity index (χ4v) is 2.58. The molecule has 1 aliphatic rings. The lowest BCUT2D eigenvalue weighted by atomic mass is 9.82. The molecule has 0 fully saturated rings. The lowest BCUT2D eigenvalue weighted by Crippen LogP contribution is -2.47. The van der Waals surface area contributed by atoms with Gasteiger partial charge in [0.15, 0.2) is 0 Å². The number of ether oxygens (including phenoxy) is 1. The molecule has 0 heterocycles. The van der Waals surface area contributed by atoms with Gasteiger partial charge in [-0.25, -0.2) is 4.79 Å². The van der Waals surface area contributed by atoms with E-state index in [1.807, 2.05) is 18.2 Å². The van der Waals surface area contributed by atoms with Crippen molar-refractivity contribution >= 4 is 17.6 Å². The topological polar surface area (TPSA) is 107 Å². The molecule has 1 aromatic carbocycles. The molecule has 1 aliphatic carbocycles. The van der Waals surface area contributed by atoms with E-state index in [2.05, 4.69) is 26.1 Å². The maximum absolute atomic E-state index is 12.0. The third-order valence-corrected chi connectivity index (χ3v) is 4.65. The highest BCUT2D eigenvalue weighted by molar-refractivity contribution is 5.91. The molecule has 0 aromatic heterocycles. The molecule has 1 unspecified atom stereocenters. The van der Waals surface area contributed by atoms with E-state index in [9.17, 15) is 9.59 Å². The normalized spacial score (nSPS) is 19.5. The Hall–Kier alpha value is -2.76. The fraction of sp³-hybridized carbons (Fsp3) is 0.368. The van der Waals surface area contributed by atoms with Gasteiger partial charge in [-0.3, -0.25) is 4.79 Å². The third kappa shape index (κ3) is 4.02. The van der Waals surface area contributed by atoms with Gasteiger partial charge in [0.2, 0.25) is 5.60 Å². The number of benzene rings is 1. The fourth-order valence-electron chi connectivity index (χ4n) is 2.58. The van der Waals surface area contributed by atoms with E-state index in [0.29, 0.717) is 17.9 Å². The number of allylic oxidation sites excluding steroid dienone is 2. The largest absolute Gasteiger partial charge is 0.471 e. The SMILES string of the molecule is CCC(C)(C)c1ccc(OC2(C(N)=O)C=CC=CC2)c(NC(N)=O)c1. The summed E-state index contributed by atoms with van der Waals surface area (Å²) in [6.45, 7) is 6.31. The lowest BCUT2D eigenvalue weighted by molar-refractivity contribution is -0.129. The second-order valence-corrected chi connectivity index (χ2v) is 6.78. The summed E-state index contributed by atoms with van der Waals surface area (Å²) in [6.07, 6.45) is 8.19. The molecule has 3 amide bonds. The van der Waals surface area contributed by atoms with Gasteiger partial charge in [0.05, 0.1) is 5.69 Å². The smallest absolute Gasteiger partial charge is 0.316 e. The van der Waals surface area contributed by atoms with Crippen LogP contribution in [0.4, 0.5) is 10.5 Å². The van der Waals surface area contributed by atoms with Crippen molar-refractivity contribution in [1.82, 2.24) is 0 Å². The third-order valence-electron chi connectivity index (χ3n) is 4.65. The Morgan fingerprint density at radius 2 is 2.00 bits per heavy atom. The molecule has 6 nitrogen and oxygen atoms in total. The van der Waals surface area contributed by atoms with Gasteiger partial charge in [-0.2, -0.15) is 0 Å². The predicted octanol–water partition coefficient (Wildman–Crippen LogP) is 2.98. The summed E-state index contributed by atoms with van der Waals surface area (Å²) in [5, 5.41) is 2.58. The van der Waals surface area contributed by atoms with Crippen LogP contribution >= 0.6 is 0 Å². The average Bonchev–Trinajstić information content (AvgIpc) is 2.56.